The number of halogens is 2. The minimum absolute atomic E-state index is 0.0150. The fraction of sp³-hybridized carbons (Fsp3) is 0.381. The van der Waals surface area contributed by atoms with E-state index in [0.29, 0.717) is 26.6 Å². The number of aromatic nitrogens is 3. The zero-order valence-electron chi connectivity index (χ0n) is 17.8. The fourth-order valence-electron chi connectivity index (χ4n) is 2.66. The summed E-state index contributed by atoms with van der Waals surface area (Å²) in [5, 5.41) is 21.9. The molecule has 166 valence electrons. The molecule has 31 heavy (non-hydrogen) atoms. The van der Waals surface area contributed by atoms with E-state index in [1.54, 1.807) is 13.2 Å². The highest BCUT2D eigenvalue weighted by Crippen LogP contribution is 2.37. The Morgan fingerprint density at radius 3 is 2.61 bits per heavy atom. The Hall–Kier alpha value is -2.33. The summed E-state index contributed by atoms with van der Waals surface area (Å²) in [5.41, 5.74) is 1.26. The van der Waals surface area contributed by atoms with Crippen LogP contribution in [0.15, 0.2) is 30.5 Å². The summed E-state index contributed by atoms with van der Waals surface area (Å²) >= 11 is 7.67. The Bertz CT molecular complexity index is 1010. The zero-order valence-corrected chi connectivity index (χ0v) is 19.3. The third kappa shape index (κ3) is 5.48. The number of ether oxygens (including phenoxy) is 1. The number of aliphatic hydroxyl groups is 1. The van der Waals surface area contributed by atoms with E-state index in [0.717, 1.165) is 11.4 Å². The van der Waals surface area contributed by atoms with Gasteiger partial charge >= 0.3 is 0 Å². The molecule has 2 aromatic heterocycles. The summed E-state index contributed by atoms with van der Waals surface area (Å²) in [7, 11) is 3.68. The number of rotatable bonds is 9. The second-order valence-corrected chi connectivity index (χ2v) is 8.65. The normalized spacial score (nSPS) is 12.3. The van der Waals surface area contributed by atoms with Crippen molar-refractivity contribution in [2.75, 3.05) is 32.2 Å². The smallest absolute Gasteiger partial charge is 0.165 e. The first-order valence-corrected chi connectivity index (χ1v) is 11.0. The Morgan fingerprint density at radius 1 is 1.26 bits per heavy atom. The topological polar surface area (TPSA) is 83.4 Å². The van der Waals surface area contributed by atoms with Crippen LogP contribution in [0, 0.1) is 5.82 Å². The Kier molecular flexibility index (Phi) is 7.77. The first-order chi connectivity index (χ1) is 14.8. The van der Waals surface area contributed by atoms with Gasteiger partial charge in [-0.1, -0.05) is 22.9 Å². The first kappa shape index (κ1) is 23.3. The van der Waals surface area contributed by atoms with E-state index in [-0.39, 0.29) is 25.0 Å². The molecule has 0 bridgehead atoms. The van der Waals surface area contributed by atoms with Crippen LogP contribution in [0.3, 0.4) is 0 Å². The number of hydrogen-bond acceptors (Lipinski definition) is 8. The molecule has 0 fully saturated rings. The van der Waals surface area contributed by atoms with E-state index >= 15 is 0 Å². The summed E-state index contributed by atoms with van der Waals surface area (Å²) in [6.45, 7) is 4.17. The summed E-state index contributed by atoms with van der Waals surface area (Å²) in [5.74, 6) is 0.318. The molecular weight excluding hydrogens is 441 g/mol. The second-order valence-electron chi connectivity index (χ2n) is 7.26. The Morgan fingerprint density at radius 2 is 2.00 bits per heavy atom. The largest absolute Gasteiger partial charge is 0.489 e. The molecule has 0 aliphatic rings. The van der Waals surface area contributed by atoms with Gasteiger partial charge in [0.25, 0.3) is 0 Å². The molecule has 0 saturated carbocycles. The maximum absolute atomic E-state index is 14.6. The highest BCUT2D eigenvalue weighted by atomic mass is 35.5. The molecular formula is C21H25ClFN5O2S. The number of aliphatic hydroxyl groups excluding tert-OH is 1. The van der Waals surface area contributed by atoms with Crippen molar-refractivity contribution in [1.82, 2.24) is 20.5 Å². The summed E-state index contributed by atoms with van der Waals surface area (Å²) in [6.07, 6.45) is 1.75. The van der Waals surface area contributed by atoms with Crippen molar-refractivity contribution in [3.63, 3.8) is 0 Å². The monoisotopic (exact) mass is 465 g/mol. The van der Waals surface area contributed by atoms with E-state index in [1.807, 2.05) is 19.2 Å². The molecule has 3 rings (SSSR count). The SMILES string of the molecule is CNC(CO)COc1cc(Cl)c(-c2nnc(-c3ccc(N(C)C(C)C)nc3)s2)cc1F. The van der Waals surface area contributed by atoms with Crippen LogP contribution in [0.2, 0.25) is 5.02 Å². The molecule has 10 heteroatoms. The molecule has 7 nitrogen and oxygen atoms in total. The molecule has 2 heterocycles. The average molecular weight is 466 g/mol. The molecule has 0 spiro atoms. The Labute approximate surface area is 189 Å². The van der Waals surface area contributed by atoms with Gasteiger partial charge in [0.15, 0.2) is 11.6 Å². The van der Waals surface area contributed by atoms with Gasteiger partial charge in [-0.2, -0.15) is 0 Å². The number of likely N-dealkylation sites (N-methyl/N-ethyl adjacent to an activating group) is 1. The van der Waals surface area contributed by atoms with Gasteiger partial charge in [0, 0.05) is 36.5 Å². The van der Waals surface area contributed by atoms with Crippen LogP contribution in [-0.4, -0.2) is 59.7 Å². The van der Waals surface area contributed by atoms with Crippen LogP contribution in [0.1, 0.15) is 13.8 Å². The Balaban J connectivity index is 1.80. The summed E-state index contributed by atoms with van der Waals surface area (Å²) in [6, 6.07) is 6.60. The summed E-state index contributed by atoms with van der Waals surface area (Å²) in [4.78, 5) is 6.56. The lowest BCUT2D eigenvalue weighted by atomic mass is 10.2. The van der Waals surface area contributed by atoms with E-state index in [9.17, 15) is 9.50 Å². The predicted molar refractivity (Wildman–Crippen MR) is 123 cm³/mol. The number of hydrogen-bond donors (Lipinski definition) is 2. The third-order valence-electron chi connectivity index (χ3n) is 4.88. The van der Waals surface area contributed by atoms with Crippen LogP contribution < -0.4 is 15.0 Å². The molecule has 1 unspecified atom stereocenters. The molecule has 0 aliphatic carbocycles. The average Bonchev–Trinajstić information content (AvgIpc) is 3.26. The first-order valence-electron chi connectivity index (χ1n) is 9.77. The van der Waals surface area contributed by atoms with Gasteiger partial charge in [-0.3, -0.25) is 0 Å². The zero-order chi connectivity index (χ0) is 22.5. The predicted octanol–water partition coefficient (Wildman–Crippen LogP) is 3.86. The van der Waals surface area contributed by atoms with Crippen molar-refractivity contribution in [2.24, 2.45) is 0 Å². The third-order valence-corrected chi connectivity index (χ3v) is 6.19. The van der Waals surface area contributed by atoms with Gasteiger partial charge in [0.2, 0.25) is 0 Å². The molecule has 0 aliphatic heterocycles. The fourth-order valence-corrected chi connectivity index (χ4v) is 3.82. The van der Waals surface area contributed by atoms with Crippen LogP contribution in [0.4, 0.5) is 10.2 Å². The van der Waals surface area contributed by atoms with Crippen molar-refractivity contribution in [3.05, 3.63) is 41.3 Å². The van der Waals surface area contributed by atoms with E-state index in [2.05, 4.69) is 39.2 Å². The number of pyridine rings is 1. The van der Waals surface area contributed by atoms with Gasteiger partial charge < -0.3 is 20.1 Å². The number of nitrogens with one attached hydrogen (secondary N) is 1. The van der Waals surface area contributed by atoms with E-state index in [1.165, 1.54) is 23.5 Å². The molecule has 1 atom stereocenters. The second kappa shape index (κ2) is 10.3. The standard InChI is InChI=1S/C21H25ClFN5O2S/c1-12(2)28(4)19-6-5-13(9-25-19)20-26-27-21(31-20)15-7-17(23)18(8-16(15)22)30-11-14(10-29)24-3/h5-9,12,14,24,29H,10-11H2,1-4H3. The lowest BCUT2D eigenvalue weighted by Crippen LogP contribution is -2.35. The number of benzene rings is 1. The molecule has 0 saturated heterocycles. The van der Waals surface area contributed by atoms with Gasteiger partial charge in [0.05, 0.1) is 17.7 Å². The molecule has 2 N–H and O–H groups in total. The quantitative estimate of drug-likeness (QED) is 0.496. The molecule has 1 aromatic carbocycles. The summed E-state index contributed by atoms with van der Waals surface area (Å²) < 4.78 is 20.0. The molecule has 0 amide bonds. The maximum Gasteiger partial charge on any atom is 0.165 e. The van der Waals surface area contributed by atoms with Crippen LogP contribution >= 0.6 is 22.9 Å². The number of anilines is 1. The van der Waals surface area contributed by atoms with Crippen molar-refractivity contribution < 1.29 is 14.2 Å². The molecule has 0 radical (unpaired) electrons. The highest BCUT2D eigenvalue weighted by Gasteiger charge is 2.17. The highest BCUT2D eigenvalue weighted by molar-refractivity contribution is 7.18. The minimum atomic E-state index is -0.563. The van der Waals surface area contributed by atoms with E-state index in [4.69, 9.17) is 16.3 Å². The van der Waals surface area contributed by atoms with Crippen LogP contribution in [0.25, 0.3) is 21.1 Å². The maximum atomic E-state index is 14.6. The van der Waals surface area contributed by atoms with Gasteiger partial charge in [-0.15, -0.1) is 10.2 Å². The van der Waals surface area contributed by atoms with Crippen LogP contribution in [0.5, 0.6) is 5.75 Å². The molecule has 3 aromatic rings. The minimum Gasteiger partial charge on any atom is -0.489 e. The van der Waals surface area contributed by atoms with Gasteiger partial charge in [-0.25, -0.2) is 9.37 Å². The van der Waals surface area contributed by atoms with Crippen molar-refractivity contribution >= 4 is 28.8 Å². The van der Waals surface area contributed by atoms with Crippen molar-refractivity contribution in [2.45, 2.75) is 25.9 Å². The van der Waals surface area contributed by atoms with Crippen molar-refractivity contribution in [3.8, 4) is 26.9 Å². The van der Waals surface area contributed by atoms with Gasteiger partial charge in [0.1, 0.15) is 22.4 Å². The van der Waals surface area contributed by atoms with Crippen molar-refractivity contribution in [1.29, 1.82) is 0 Å². The van der Waals surface area contributed by atoms with Gasteiger partial charge in [-0.05, 0) is 39.1 Å². The van der Waals surface area contributed by atoms with Crippen LogP contribution in [-0.2, 0) is 0 Å². The lowest BCUT2D eigenvalue weighted by molar-refractivity contribution is 0.185. The number of nitrogens with zero attached hydrogens (tertiary/aromatic N) is 4. The van der Waals surface area contributed by atoms with E-state index < -0.39 is 5.82 Å². The lowest BCUT2D eigenvalue weighted by Gasteiger charge is -2.22.